The van der Waals surface area contributed by atoms with Crippen molar-refractivity contribution in [1.82, 2.24) is 5.32 Å². The molecule has 0 aliphatic heterocycles. The van der Waals surface area contributed by atoms with Crippen LogP contribution in [0.25, 0.3) is 0 Å². The number of nitrogens with one attached hydrogen (secondary N) is 2. The van der Waals surface area contributed by atoms with Crippen LogP contribution in [0.15, 0.2) is 30.3 Å². The summed E-state index contributed by atoms with van der Waals surface area (Å²) in [5.74, 6) is -0.149. The van der Waals surface area contributed by atoms with Gasteiger partial charge in [0.15, 0.2) is 0 Å². The standard InChI is InChI=1S/C14H21N3O2/c1-13(2,3)19-12(18)17-14(4,11(15)16)10-8-6-5-7-9-10/h5-9H,1-4H3,(H3,15,16)(H,17,18). The highest BCUT2D eigenvalue weighted by molar-refractivity contribution is 5.91. The lowest BCUT2D eigenvalue weighted by Crippen LogP contribution is -2.53. The zero-order valence-electron chi connectivity index (χ0n) is 11.8. The van der Waals surface area contributed by atoms with Crippen molar-refractivity contribution in [2.75, 3.05) is 0 Å². The zero-order valence-corrected chi connectivity index (χ0v) is 11.8. The maximum absolute atomic E-state index is 11.9. The van der Waals surface area contributed by atoms with Crippen molar-refractivity contribution in [2.45, 2.75) is 38.8 Å². The first kappa shape index (κ1) is 15.0. The second-order valence-corrected chi connectivity index (χ2v) is 5.53. The molecule has 0 aliphatic carbocycles. The van der Waals surface area contributed by atoms with Gasteiger partial charge in [-0.2, -0.15) is 0 Å². The average Bonchev–Trinajstić information content (AvgIpc) is 2.27. The van der Waals surface area contributed by atoms with Crippen molar-refractivity contribution in [3.63, 3.8) is 0 Å². The van der Waals surface area contributed by atoms with Crippen LogP contribution in [0.2, 0.25) is 0 Å². The van der Waals surface area contributed by atoms with E-state index in [0.717, 1.165) is 5.56 Å². The SMILES string of the molecule is CC(C)(C)OC(=O)NC(C)(C(=N)N)c1ccccc1. The van der Waals surface area contributed by atoms with Crippen LogP contribution >= 0.6 is 0 Å². The van der Waals surface area contributed by atoms with Gasteiger partial charge < -0.3 is 15.8 Å². The molecule has 1 amide bonds. The highest BCUT2D eigenvalue weighted by Crippen LogP contribution is 2.21. The summed E-state index contributed by atoms with van der Waals surface area (Å²) in [6.45, 7) is 7.01. The Hall–Kier alpha value is -2.04. The van der Waals surface area contributed by atoms with Gasteiger partial charge in [-0.3, -0.25) is 5.41 Å². The lowest BCUT2D eigenvalue weighted by Gasteiger charge is -2.31. The summed E-state index contributed by atoms with van der Waals surface area (Å²) < 4.78 is 5.20. The van der Waals surface area contributed by atoms with Crippen LogP contribution in [0.4, 0.5) is 4.79 Å². The van der Waals surface area contributed by atoms with Crippen molar-refractivity contribution in [3.8, 4) is 0 Å². The van der Waals surface area contributed by atoms with Gasteiger partial charge in [-0.15, -0.1) is 0 Å². The van der Waals surface area contributed by atoms with E-state index in [2.05, 4.69) is 5.32 Å². The minimum absolute atomic E-state index is 0.149. The van der Waals surface area contributed by atoms with Gasteiger partial charge in [-0.05, 0) is 33.3 Å². The molecule has 1 rings (SSSR count). The van der Waals surface area contributed by atoms with E-state index in [9.17, 15) is 4.79 Å². The Morgan fingerprint density at radius 1 is 1.21 bits per heavy atom. The topological polar surface area (TPSA) is 88.2 Å². The highest BCUT2D eigenvalue weighted by Gasteiger charge is 2.33. The number of rotatable bonds is 3. The van der Waals surface area contributed by atoms with Crippen molar-refractivity contribution in [3.05, 3.63) is 35.9 Å². The number of ether oxygens (including phenoxy) is 1. The summed E-state index contributed by atoms with van der Waals surface area (Å²) in [5.41, 5.74) is 4.68. The van der Waals surface area contributed by atoms with Gasteiger partial charge in [-0.25, -0.2) is 4.79 Å². The molecule has 1 aromatic rings. The minimum Gasteiger partial charge on any atom is -0.444 e. The van der Waals surface area contributed by atoms with Gasteiger partial charge >= 0.3 is 6.09 Å². The molecule has 104 valence electrons. The van der Waals surface area contributed by atoms with E-state index in [1.54, 1.807) is 39.8 Å². The third-order valence-corrected chi connectivity index (χ3v) is 2.64. The van der Waals surface area contributed by atoms with Crippen molar-refractivity contribution < 1.29 is 9.53 Å². The van der Waals surface area contributed by atoms with Gasteiger partial charge in [0.1, 0.15) is 17.0 Å². The number of carbonyl (C=O) groups excluding carboxylic acids is 1. The second-order valence-electron chi connectivity index (χ2n) is 5.53. The van der Waals surface area contributed by atoms with Crippen molar-refractivity contribution >= 4 is 11.9 Å². The van der Waals surface area contributed by atoms with Crippen LogP contribution in [0.5, 0.6) is 0 Å². The van der Waals surface area contributed by atoms with Crippen LogP contribution in [0.3, 0.4) is 0 Å². The summed E-state index contributed by atoms with van der Waals surface area (Å²) in [5, 5.41) is 10.4. The lowest BCUT2D eigenvalue weighted by atomic mass is 9.91. The predicted octanol–water partition coefficient (Wildman–Crippen LogP) is 2.36. The molecule has 0 bridgehead atoms. The third kappa shape index (κ3) is 3.98. The van der Waals surface area contributed by atoms with E-state index in [1.165, 1.54) is 0 Å². The largest absolute Gasteiger partial charge is 0.444 e. The summed E-state index contributed by atoms with van der Waals surface area (Å²) in [7, 11) is 0. The molecule has 0 spiro atoms. The molecular formula is C14H21N3O2. The van der Waals surface area contributed by atoms with E-state index >= 15 is 0 Å². The molecule has 1 aromatic carbocycles. The molecular weight excluding hydrogens is 242 g/mol. The van der Waals surface area contributed by atoms with E-state index in [4.69, 9.17) is 15.9 Å². The number of hydrogen-bond donors (Lipinski definition) is 3. The van der Waals surface area contributed by atoms with Crippen LogP contribution in [-0.2, 0) is 10.3 Å². The van der Waals surface area contributed by atoms with Gasteiger partial charge in [0.25, 0.3) is 0 Å². The third-order valence-electron chi connectivity index (χ3n) is 2.64. The number of amides is 1. The fourth-order valence-electron chi connectivity index (χ4n) is 1.57. The molecule has 4 N–H and O–H groups in total. The number of benzene rings is 1. The average molecular weight is 263 g/mol. The molecule has 0 fully saturated rings. The van der Waals surface area contributed by atoms with Crippen molar-refractivity contribution in [2.24, 2.45) is 5.73 Å². The Labute approximate surface area is 113 Å². The van der Waals surface area contributed by atoms with Gasteiger partial charge in [0, 0.05) is 0 Å². The van der Waals surface area contributed by atoms with Crippen LogP contribution in [0.1, 0.15) is 33.3 Å². The first-order chi connectivity index (χ1) is 8.65. The minimum atomic E-state index is -1.08. The second kappa shape index (κ2) is 5.30. The summed E-state index contributed by atoms with van der Waals surface area (Å²) >= 11 is 0. The van der Waals surface area contributed by atoms with E-state index in [0.29, 0.717) is 0 Å². The number of amidine groups is 1. The van der Waals surface area contributed by atoms with Crippen LogP contribution in [-0.4, -0.2) is 17.5 Å². The van der Waals surface area contributed by atoms with E-state index in [1.807, 2.05) is 18.2 Å². The molecule has 1 atom stereocenters. The van der Waals surface area contributed by atoms with E-state index in [-0.39, 0.29) is 5.84 Å². The molecule has 5 nitrogen and oxygen atoms in total. The maximum Gasteiger partial charge on any atom is 0.408 e. The molecule has 0 aliphatic rings. The molecule has 0 heterocycles. The Balaban J connectivity index is 2.97. The molecule has 19 heavy (non-hydrogen) atoms. The molecule has 0 radical (unpaired) electrons. The lowest BCUT2D eigenvalue weighted by molar-refractivity contribution is 0.0489. The summed E-state index contributed by atoms with van der Waals surface area (Å²) in [6, 6.07) is 9.12. The molecule has 1 unspecified atom stereocenters. The number of carbonyl (C=O) groups is 1. The molecule has 5 heteroatoms. The molecule has 0 saturated heterocycles. The fraction of sp³-hybridized carbons (Fsp3) is 0.429. The molecule has 0 aromatic heterocycles. The first-order valence-corrected chi connectivity index (χ1v) is 6.06. The Kier molecular flexibility index (Phi) is 4.19. The van der Waals surface area contributed by atoms with Gasteiger partial charge in [0.2, 0.25) is 0 Å². The number of hydrogen-bond acceptors (Lipinski definition) is 3. The van der Waals surface area contributed by atoms with Crippen LogP contribution in [0, 0.1) is 5.41 Å². The van der Waals surface area contributed by atoms with Gasteiger partial charge in [0.05, 0.1) is 0 Å². The highest BCUT2D eigenvalue weighted by atomic mass is 16.6. The molecule has 0 saturated carbocycles. The monoisotopic (exact) mass is 263 g/mol. The van der Waals surface area contributed by atoms with Gasteiger partial charge in [-0.1, -0.05) is 30.3 Å². The Morgan fingerprint density at radius 3 is 2.16 bits per heavy atom. The quantitative estimate of drug-likeness (QED) is 0.577. The van der Waals surface area contributed by atoms with Crippen molar-refractivity contribution in [1.29, 1.82) is 5.41 Å². The maximum atomic E-state index is 11.9. The summed E-state index contributed by atoms with van der Waals surface area (Å²) in [4.78, 5) is 11.9. The Morgan fingerprint density at radius 2 is 1.74 bits per heavy atom. The number of nitrogens with two attached hydrogens (primary N) is 1. The van der Waals surface area contributed by atoms with Crippen LogP contribution < -0.4 is 11.1 Å². The predicted molar refractivity (Wildman–Crippen MR) is 75.1 cm³/mol. The summed E-state index contributed by atoms with van der Waals surface area (Å²) in [6.07, 6.45) is -0.603. The first-order valence-electron chi connectivity index (χ1n) is 6.06. The fourth-order valence-corrected chi connectivity index (χ4v) is 1.57. The van der Waals surface area contributed by atoms with E-state index < -0.39 is 17.2 Å². The normalized spacial score (nSPS) is 14.3. The number of alkyl carbamates (subject to hydrolysis) is 1. The smallest absolute Gasteiger partial charge is 0.408 e. The zero-order chi connectivity index (χ0) is 14.7. The Bertz CT molecular complexity index is 465.